The van der Waals surface area contributed by atoms with Gasteiger partial charge in [-0.15, -0.1) is 0 Å². The van der Waals surface area contributed by atoms with Crippen LogP contribution in [0.25, 0.3) is 0 Å². The molecule has 0 amide bonds. The lowest BCUT2D eigenvalue weighted by Gasteiger charge is -2.43. The van der Waals surface area contributed by atoms with Gasteiger partial charge in [0.15, 0.2) is 0 Å². The van der Waals surface area contributed by atoms with Gasteiger partial charge in [-0.2, -0.15) is 0 Å². The lowest BCUT2D eigenvalue weighted by molar-refractivity contribution is 0.0743. The molecular weight excluding hydrogens is 432 g/mol. The molecule has 0 aliphatic heterocycles. The van der Waals surface area contributed by atoms with Crippen LogP contribution in [0.4, 0.5) is 0 Å². The molecule has 0 rings (SSSR count). The third-order valence-electron chi connectivity index (χ3n) is 9.93. The van der Waals surface area contributed by atoms with Crippen LogP contribution in [0.5, 0.6) is 0 Å². The van der Waals surface area contributed by atoms with E-state index in [1.54, 1.807) is 0 Å². The zero-order valence-corrected chi connectivity index (χ0v) is 28.9. The van der Waals surface area contributed by atoms with Crippen LogP contribution in [0.3, 0.4) is 0 Å². The largest absolute Gasteiger partial charge is 0.0628 e. The summed E-state index contributed by atoms with van der Waals surface area (Å²) in [7, 11) is 0. The molecule has 0 N–H and O–H groups in total. The summed E-state index contributed by atoms with van der Waals surface area (Å²) in [5.74, 6) is 6.30. The fourth-order valence-corrected chi connectivity index (χ4v) is 6.78. The Hall–Kier alpha value is 0. The minimum absolute atomic E-state index is 0.362. The van der Waals surface area contributed by atoms with E-state index in [2.05, 4.69) is 125 Å². The molecule has 218 valence electrons. The van der Waals surface area contributed by atoms with Crippen LogP contribution in [0, 0.1) is 69.0 Å². The maximum atomic E-state index is 2.58. The summed E-state index contributed by atoms with van der Waals surface area (Å²) in [5.41, 5.74) is 1.55. The normalized spacial score (nSPS) is 20.1. The lowest BCUT2D eigenvalue weighted by atomic mass is 9.63. The van der Waals surface area contributed by atoms with Gasteiger partial charge in [0.1, 0.15) is 0 Å². The number of hydrogen-bond donors (Lipinski definition) is 0. The van der Waals surface area contributed by atoms with Gasteiger partial charge in [-0.3, -0.25) is 0 Å². The highest BCUT2D eigenvalue weighted by atomic mass is 14.4. The minimum Gasteiger partial charge on any atom is -0.0628 e. The molecule has 36 heavy (non-hydrogen) atoms. The molecule has 7 atom stereocenters. The van der Waals surface area contributed by atoms with E-state index in [1.165, 1.54) is 38.5 Å². The van der Waals surface area contributed by atoms with Crippen molar-refractivity contribution >= 4 is 0 Å². The summed E-state index contributed by atoms with van der Waals surface area (Å²) in [6.45, 7) is 44.6. The molecule has 0 saturated carbocycles. The third-order valence-corrected chi connectivity index (χ3v) is 9.93. The first-order chi connectivity index (χ1) is 15.9. The standard InChI is InChI=1S/C36H74/c1-25(2)19-30(34(10,11)12)24-28(5)32(36(16,17)18)23-27(4)22-31(35(13,14)15)21-26(3)20-29(6)33(7,8)9/h25-32H,19-24H2,1-18H3. The van der Waals surface area contributed by atoms with Crippen LogP contribution in [0.15, 0.2) is 0 Å². The fraction of sp³-hybridized carbons (Fsp3) is 1.00. The molecule has 0 aliphatic rings. The highest BCUT2D eigenvalue weighted by molar-refractivity contribution is 4.86. The third kappa shape index (κ3) is 13.7. The van der Waals surface area contributed by atoms with Gasteiger partial charge in [0.25, 0.3) is 0 Å². The van der Waals surface area contributed by atoms with E-state index < -0.39 is 0 Å². The van der Waals surface area contributed by atoms with Gasteiger partial charge in [-0.05, 0) is 108 Å². The predicted octanol–water partition coefficient (Wildman–Crippen LogP) is 12.6. The molecule has 0 bridgehead atoms. The van der Waals surface area contributed by atoms with E-state index in [1.807, 2.05) is 0 Å². The monoisotopic (exact) mass is 507 g/mol. The Morgan fingerprint density at radius 2 is 0.778 bits per heavy atom. The summed E-state index contributed by atoms with van der Waals surface area (Å²) in [5, 5.41) is 0. The van der Waals surface area contributed by atoms with Gasteiger partial charge in [-0.1, -0.05) is 125 Å². The van der Waals surface area contributed by atoms with Crippen LogP contribution in [0.2, 0.25) is 0 Å². The molecule has 0 heteroatoms. The van der Waals surface area contributed by atoms with E-state index >= 15 is 0 Å². The summed E-state index contributed by atoms with van der Waals surface area (Å²) < 4.78 is 0. The second-order valence-electron chi connectivity index (χ2n) is 18.4. The molecule has 0 spiro atoms. The summed E-state index contributed by atoms with van der Waals surface area (Å²) in [4.78, 5) is 0. The molecule has 0 aromatic carbocycles. The van der Waals surface area contributed by atoms with Crippen LogP contribution < -0.4 is 0 Å². The van der Waals surface area contributed by atoms with E-state index in [0.29, 0.717) is 21.7 Å². The number of rotatable bonds is 13. The second-order valence-corrected chi connectivity index (χ2v) is 18.4. The Morgan fingerprint density at radius 1 is 0.389 bits per heavy atom. The summed E-state index contributed by atoms with van der Waals surface area (Å²) >= 11 is 0. The average Bonchev–Trinajstić information content (AvgIpc) is 2.61. The first-order valence-corrected chi connectivity index (χ1v) is 15.9. The van der Waals surface area contributed by atoms with Gasteiger partial charge < -0.3 is 0 Å². The summed E-state index contributed by atoms with van der Waals surface area (Å²) in [6.07, 6.45) is 8.23. The molecular formula is C36H74. The Balaban J connectivity index is 5.53. The van der Waals surface area contributed by atoms with Crippen molar-refractivity contribution in [2.45, 2.75) is 163 Å². The zero-order chi connectivity index (χ0) is 28.9. The van der Waals surface area contributed by atoms with Gasteiger partial charge in [-0.25, -0.2) is 0 Å². The van der Waals surface area contributed by atoms with E-state index in [9.17, 15) is 0 Å². The molecule has 7 unspecified atom stereocenters. The smallest absolute Gasteiger partial charge is 0.0337 e. The van der Waals surface area contributed by atoms with Crippen LogP contribution >= 0.6 is 0 Å². The highest BCUT2D eigenvalue weighted by Crippen LogP contribution is 2.46. The maximum absolute atomic E-state index is 2.58. The van der Waals surface area contributed by atoms with Gasteiger partial charge in [0, 0.05) is 0 Å². The van der Waals surface area contributed by atoms with E-state index in [-0.39, 0.29) is 0 Å². The Bertz CT molecular complexity index is 581. The molecule has 0 aromatic heterocycles. The van der Waals surface area contributed by atoms with Crippen LogP contribution in [-0.2, 0) is 0 Å². The van der Waals surface area contributed by atoms with E-state index in [0.717, 1.165) is 47.3 Å². The fourth-order valence-electron chi connectivity index (χ4n) is 6.78. The van der Waals surface area contributed by atoms with Crippen molar-refractivity contribution in [1.82, 2.24) is 0 Å². The first kappa shape index (κ1) is 36.0. The molecule has 0 fully saturated rings. The summed E-state index contributed by atoms with van der Waals surface area (Å²) in [6, 6.07) is 0. The lowest BCUT2D eigenvalue weighted by Crippen LogP contribution is -2.33. The van der Waals surface area contributed by atoms with Gasteiger partial charge in [0.05, 0.1) is 0 Å². The topological polar surface area (TPSA) is 0 Å². The van der Waals surface area contributed by atoms with Gasteiger partial charge in [0.2, 0.25) is 0 Å². The maximum Gasteiger partial charge on any atom is -0.0337 e. The molecule has 0 radical (unpaired) electrons. The Morgan fingerprint density at radius 3 is 1.11 bits per heavy atom. The molecule has 0 nitrogen and oxygen atoms in total. The van der Waals surface area contributed by atoms with E-state index in [4.69, 9.17) is 0 Å². The van der Waals surface area contributed by atoms with Crippen molar-refractivity contribution < 1.29 is 0 Å². The van der Waals surface area contributed by atoms with Gasteiger partial charge >= 0.3 is 0 Å². The second kappa shape index (κ2) is 13.9. The van der Waals surface area contributed by atoms with Crippen molar-refractivity contribution in [1.29, 1.82) is 0 Å². The number of hydrogen-bond acceptors (Lipinski definition) is 0. The Labute approximate surface area is 232 Å². The average molecular weight is 507 g/mol. The molecule has 0 heterocycles. The first-order valence-electron chi connectivity index (χ1n) is 15.9. The zero-order valence-electron chi connectivity index (χ0n) is 28.9. The Kier molecular flexibility index (Phi) is 13.9. The SMILES string of the molecule is CC(C)CC(CC(C)C(CC(C)CC(CC(C)CC(C)C(C)(C)C)C(C)(C)C)C(C)(C)C)C(C)(C)C. The quantitative estimate of drug-likeness (QED) is 0.233. The van der Waals surface area contributed by atoms with Crippen LogP contribution in [0.1, 0.15) is 163 Å². The van der Waals surface area contributed by atoms with Crippen molar-refractivity contribution in [2.75, 3.05) is 0 Å². The molecule has 0 aromatic rings. The van der Waals surface area contributed by atoms with Crippen molar-refractivity contribution in [2.24, 2.45) is 69.0 Å². The van der Waals surface area contributed by atoms with Crippen molar-refractivity contribution in [3.63, 3.8) is 0 Å². The van der Waals surface area contributed by atoms with Crippen molar-refractivity contribution in [3.05, 3.63) is 0 Å². The van der Waals surface area contributed by atoms with Crippen molar-refractivity contribution in [3.8, 4) is 0 Å². The minimum atomic E-state index is 0.362. The molecule has 0 saturated heterocycles. The van der Waals surface area contributed by atoms with Crippen LogP contribution in [-0.4, -0.2) is 0 Å². The molecule has 0 aliphatic carbocycles. The predicted molar refractivity (Wildman–Crippen MR) is 167 cm³/mol. The highest BCUT2D eigenvalue weighted by Gasteiger charge is 2.36.